The van der Waals surface area contributed by atoms with Crippen LogP contribution in [0.2, 0.25) is 0 Å². The fourth-order valence-corrected chi connectivity index (χ4v) is 0.779. The molecule has 0 aliphatic rings. The van der Waals surface area contributed by atoms with Gasteiger partial charge in [0.25, 0.3) is 0 Å². The van der Waals surface area contributed by atoms with Crippen molar-refractivity contribution in [3.63, 3.8) is 0 Å². The van der Waals surface area contributed by atoms with E-state index < -0.39 is 0 Å². The van der Waals surface area contributed by atoms with E-state index in [0.29, 0.717) is 0 Å². The van der Waals surface area contributed by atoms with E-state index in [9.17, 15) is 0 Å². The quantitative estimate of drug-likeness (QED) is 0.265. The maximum atomic E-state index is 8.25. The molecular formula is C10H10N4O. The molecule has 0 aromatic heterocycles. The lowest BCUT2D eigenvalue weighted by atomic mass is 10.2. The Morgan fingerprint density at radius 1 is 1.40 bits per heavy atom. The van der Waals surface area contributed by atoms with Gasteiger partial charge in [-0.1, -0.05) is 24.1 Å². The largest absolute Gasteiger partial charge is 0.367 e. The van der Waals surface area contributed by atoms with Crippen molar-refractivity contribution in [2.75, 3.05) is 0 Å². The van der Waals surface area contributed by atoms with Crippen LogP contribution in [0, 0.1) is 11.8 Å². The number of nitrogens with one attached hydrogen (secondary N) is 1. The molecule has 0 atom stereocenters. The van der Waals surface area contributed by atoms with Gasteiger partial charge in [0.1, 0.15) is 0 Å². The second-order valence-corrected chi connectivity index (χ2v) is 2.48. The summed E-state index contributed by atoms with van der Waals surface area (Å²) in [5.41, 5.74) is 7.62. The molecule has 5 nitrogen and oxygen atoms in total. The Kier molecular flexibility index (Phi) is 4.43. The Hall–Kier alpha value is -2.32. The van der Waals surface area contributed by atoms with E-state index in [2.05, 4.69) is 22.0 Å². The van der Waals surface area contributed by atoms with Crippen LogP contribution >= 0.6 is 0 Å². The minimum Gasteiger partial charge on any atom is -0.367 e. The van der Waals surface area contributed by atoms with Gasteiger partial charge in [-0.25, -0.2) is 5.48 Å². The zero-order valence-electron chi connectivity index (χ0n) is 7.88. The molecule has 1 rings (SSSR count). The van der Waals surface area contributed by atoms with E-state index in [4.69, 9.17) is 10.9 Å². The summed E-state index contributed by atoms with van der Waals surface area (Å²) in [6.45, 7) is 0. The zero-order chi connectivity index (χ0) is 10.9. The Labute approximate surface area is 87.3 Å². The monoisotopic (exact) mass is 202 g/mol. The zero-order valence-corrected chi connectivity index (χ0v) is 7.88. The second kappa shape index (κ2) is 6.18. The molecule has 0 unspecified atom stereocenters. The first-order valence-electron chi connectivity index (χ1n) is 4.14. The van der Waals surface area contributed by atoms with Gasteiger partial charge in [-0.05, 0) is 18.1 Å². The van der Waals surface area contributed by atoms with Gasteiger partial charge in [0, 0.05) is 5.56 Å². The van der Waals surface area contributed by atoms with Crippen molar-refractivity contribution in [2.45, 2.75) is 0 Å². The number of benzene rings is 1. The smallest absolute Gasteiger partial charge is 0.237 e. The van der Waals surface area contributed by atoms with E-state index in [-0.39, 0.29) is 5.96 Å². The van der Waals surface area contributed by atoms with Crippen LogP contribution in [0.25, 0.3) is 0 Å². The topological polar surface area (TPSA) is 83.0 Å². The van der Waals surface area contributed by atoms with Gasteiger partial charge < -0.3 is 5.73 Å². The third-order valence-corrected chi connectivity index (χ3v) is 1.39. The minimum absolute atomic E-state index is 0.187. The van der Waals surface area contributed by atoms with E-state index >= 15 is 0 Å². The first kappa shape index (κ1) is 10.8. The van der Waals surface area contributed by atoms with E-state index in [1.54, 1.807) is 5.48 Å². The normalized spacial score (nSPS) is 10.9. The molecule has 0 saturated carbocycles. The molecule has 1 aromatic rings. The average Bonchev–Trinajstić information content (AvgIpc) is 2.29. The number of nitrogens with two attached hydrogens (primary N) is 1. The molecule has 1 aromatic carbocycles. The molecule has 5 heteroatoms. The number of guanidine groups is 1. The van der Waals surface area contributed by atoms with Crippen LogP contribution in [0.3, 0.4) is 0 Å². The molecule has 0 aliphatic carbocycles. The average molecular weight is 202 g/mol. The van der Waals surface area contributed by atoms with Crippen molar-refractivity contribution in [3.05, 3.63) is 35.9 Å². The van der Waals surface area contributed by atoms with Crippen molar-refractivity contribution >= 4 is 12.2 Å². The number of hydroxylamine groups is 1. The standard InChI is InChI=1S/C10H10N4O/c11-10(14-15)13-12-8-4-7-9-5-2-1-3-6-9/h1-3,5-6,8,15H,(H3,11,13,14). The van der Waals surface area contributed by atoms with Crippen LogP contribution in [0.5, 0.6) is 0 Å². The third-order valence-electron chi connectivity index (χ3n) is 1.39. The van der Waals surface area contributed by atoms with Crippen LogP contribution < -0.4 is 11.2 Å². The Morgan fingerprint density at radius 2 is 2.13 bits per heavy atom. The van der Waals surface area contributed by atoms with Crippen molar-refractivity contribution in [3.8, 4) is 11.8 Å². The molecule has 0 bridgehead atoms. The van der Waals surface area contributed by atoms with Gasteiger partial charge in [0.05, 0.1) is 6.21 Å². The summed E-state index contributed by atoms with van der Waals surface area (Å²) in [5, 5.41) is 15.1. The molecule has 4 N–H and O–H groups in total. The molecular weight excluding hydrogens is 192 g/mol. The molecule has 0 heterocycles. The lowest BCUT2D eigenvalue weighted by molar-refractivity contribution is 0.232. The van der Waals surface area contributed by atoms with Gasteiger partial charge in [-0.2, -0.15) is 0 Å². The van der Waals surface area contributed by atoms with Gasteiger partial charge >= 0.3 is 0 Å². The van der Waals surface area contributed by atoms with E-state index in [1.165, 1.54) is 6.21 Å². The fourth-order valence-electron chi connectivity index (χ4n) is 0.779. The Morgan fingerprint density at radius 3 is 2.80 bits per heavy atom. The van der Waals surface area contributed by atoms with Crippen LogP contribution in [0.15, 0.2) is 40.5 Å². The summed E-state index contributed by atoms with van der Waals surface area (Å²) in [6.07, 6.45) is 1.29. The van der Waals surface area contributed by atoms with Crippen molar-refractivity contribution in [2.24, 2.45) is 15.9 Å². The molecule has 0 aliphatic heterocycles. The summed E-state index contributed by atoms with van der Waals surface area (Å²) in [5.74, 6) is 5.32. The number of rotatable bonds is 1. The first-order valence-corrected chi connectivity index (χ1v) is 4.14. The molecule has 0 saturated heterocycles. The number of hydrogen-bond donors (Lipinski definition) is 3. The highest BCUT2D eigenvalue weighted by molar-refractivity contribution is 5.81. The minimum atomic E-state index is -0.187. The van der Waals surface area contributed by atoms with Gasteiger partial charge in [-0.15, -0.1) is 10.2 Å². The Balaban J connectivity index is 2.54. The SMILES string of the molecule is N/C(=N/N=CC#Cc1ccccc1)NO. The van der Waals surface area contributed by atoms with Gasteiger partial charge in [0.15, 0.2) is 0 Å². The highest BCUT2D eigenvalue weighted by Gasteiger charge is 1.80. The third kappa shape index (κ3) is 4.45. The summed E-state index contributed by atoms with van der Waals surface area (Å²) in [4.78, 5) is 0. The molecule has 76 valence electrons. The van der Waals surface area contributed by atoms with Crippen LogP contribution in [0.4, 0.5) is 0 Å². The molecule has 0 amide bonds. The lowest BCUT2D eigenvalue weighted by Gasteiger charge is -1.89. The molecule has 0 radical (unpaired) electrons. The van der Waals surface area contributed by atoms with Crippen molar-refractivity contribution < 1.29 is 5.21 Å². The second-order valence-electron chi connectivity index (χ2n) is 2.48. The highest BCUT2D eigenvalue weighted by Crippen LogP contribution is 1.93. The molecule has 0 spiro atoms. The molecule has 0 fully saturated rings. The fraction of sp³-hybridized carbons (Fsp3) is 0. The van der Waals surface area contributed by atoms with E-state index in [1.807, 2.05) is 30.3 Å². The van der Waals surface area contributed by atoms with Crippen LogP contribution in [-0.4, -0.2) is 17.4 Å². The lowest BCUT2D eigenvalue weighted by Crippen LogP contribution is -2.27. The maximum Gasteiger partial charge on any atom is 0.237 e. The van der Waals surface area contributed by atoms with Gasteiger partial charge in [-0.3, -0.25) is 5.21 Å². The molecule has 15 heavy (non-hydrogen) atoms. The summed E-state index contributed by atoms with van der Waals surface area (Å²) in [6, 6.07) is 9.47. The van der Waals surface area contributed by atoms with Crippen molar-refractivity contribution in [1.82, 2.24) is 5.48 Å². The predicted molar refractivity (Wildman–Crippen MR) is 58.4 cm³/mol. The highest BCUT2D eigenvalue weighted by atomic mass is 16.5. The first-order chi connectivity index (χ1) is 7.33. The van der Waals surface area contributed by atoms with Gasteiger partial charge in [0.2, 0.25) is 5.96 Å². The summed E-state index contributed by atoms with van der Waals surface area (Å²) < 4.78 is 0. The van der Waals surface area contributed by atoms with Crippen molar-refractivity contribution in [1.29, 1.82) is 0 Å². The summed E-state index contributed by atoms with van der Waals surface area (Å²) >= 11 is 0. The number of hydrogen-bond acceptors (Lipinski definition) is 3. The summed E-state index contributed by atoms with van der Waals surface area (Å²) in [7, 11) is 0. The predicted octanol–water partition coefficient (Wildman–Crippen LogP) is 0.317. The van der Waals surface area contributed by atoms with Crippen LogP contribution in [-0.2, 0) is 0 Å². The van der Waals surface area contributed by atoms with E-state index in [0.717, 1.165) is 5.56 Å². The number of nitrogens with zero attached hydrogens (tertiary/aromatic N) is 2. The van der Waals surface area contributed by atoms with Crippen LogP contribution in [0.1, 0.15) is 5.56 Å². The Bertz CT molecular complexity index is 414. The maximum absolute atomic E-state index is 8.25.